The van der Waals surface area contributed by atoms with Gasteiger partial charge in [-0.2, -0.15) is 0 Å². The second-order valence-corrected chi connectivity index (χ2v) is 7.20. The van der Waals surface area contributed by atoms with E-state index in [9.17, 15) is 14.0 Å². The largest absolute Gasteiger partial charge is 0.465 e. The van der Waals surface area contributed by atoms with Crippen LogP contribution < -0.4 is 5.32 Å². The molecule has 1 atom stereocenters. The third-order valence-corrected chi connectivity index (χ3v) is 4.85. The topological polar surface area (TPSA) is 68.3 Å². The van der Waals surface area contributed by atoms with Crippen molar-refractivity contribution in [3.63, 3.8) is 0 Å². The maximum absolute atomic E-state index is 13.2. The molecule has 1 heterocycles. The first-order chi connectivity index (χ1) is 14.4. The number of halogens is 2. The number of nitrogens with one attached hydrogen (secondary N) is 1. The van der Waals surface area contributed by atoms with Gasteiger partial charge in [0.05, 0.1) is 35.0 Å². The van der Waals surface area contributed by atoms with Crippen LogP contribution in [0.1, 0.15) is 50.5 Å². The van der Waals surface area contributed by atoms with E-state index < -0.39 is 5.97 Å². The molecule has 0 saturated heterocycles. The Balaban J connectivity index is 1.78. The minimum Gasteiger partial charge on any atom is -0.465 e. The molecule has 0 aliphatic heterocycles. The lowest BCUT2D eigenvalue weighted by molar-refractivity contribution is 0.0600. The van der Waals surface area contributed by atoms with E-state index in [0.717, 1.165) is 11.1 Å². The second kappa shape index (κ2) is 9.50. The molecule has 0 bridgehead atoms. The molecule has 1 aromatic heterocycles. The van der Waals surface area contributed by atoms with Crippen molar-refractivity contribution in [2.45, 2.75) is 19.4 Å². The fourth-order valence-electron chi connectivity index (χ4n) is 2.98. The van der Waals surface area contributed by atoms with Crippen LogP contribution >= 0.6 is 11.6 Å². The first-order valence-electron chi connectivity index (χ1n) is 9.25. The van der Waals surface area contributed by atoms with Gasteiger partial charge < -0.3 is 10.1 Å². The highest BCUT2D eigenvalue weighted by Gasteiger charge is 2.17. The maximum Gasteiger partial charge on any atom is 0.337 e. The Bertz CT molecular complexity index is 1050. The molecular weight excluding hydrogens is 407 g/mol. The Hall–Kier alpha value is -3.25. The third-order valence-electron chi connectivity index (χ3n) is 4.65. The Labute approximate surface area is 178 Å². The highest BCUT2D eigenvalue weighted by atomic mass is 35.5. The van der Waals surface area contributed by atoms with E-state index in [1.165, 1.54) is 25.4 Å². The first kappa shape index (κ1) is 21.5. The number of benzene rings is 2. The number of hydrogen-bond donors (Lipinski definition) is 1. The normalized spacial score (nSPS) is 11.6. The SMILES string of the molecule is COC(=O)c1ccc(C(C)NC(=O)c2cc(Cl)cnc2Cc2ccc(F)cc2)cc1. The summed E-state index contributed by atoms with van der Waals surface area (Å²) < 4.78 is 17.8. The van der Waals surface area contributed by atoms with Gasteiger partial charge in [-0.25, -0.2) is 9.18 Å². The molecule has 0 aliphatic rings. The summed E-state index contributed by atoms with van der Waals surface area (Å²) >= 11 is 6.06. The van der Waals surface area contributed by atoms with E-state index in [4.69, 9.17) is 11.6 Å². The summed E-state index contributed by atoms with van der Waals surface area (Å²) in [7, 11) is 1.32. The zero-order valence-corrected chi connectivity index (χ0v) is 17.2. The summed E-state index contributed by atoms with van der Waals surface area (Å²) in [6.07, 6.45) is 1.84. The summed E-state index contributed by atoms with van der Waals surface area (Å²) in [5, 5.41) is 3.27. The van der Waals surface area contributed by atoms with Crippen LogP contribution in [-0.4, -0.2) is 24.0 Å². The lowest BCUT2D eigenvalue weighted by atomic mass is 10.0. The summed E-state index contributed by atoms with van der Waals surface area (Å²) in [5.41, 5.74) is 2.97. The average molecular weight is 427 g/mol. The number of amides is 1. The molecule has 0 saturated carbocycles. The standard InChI is InChI=1S/C23H20ClFN2O3/c1-14(16-5-7-17(8-6-16)23(29)30-2)27-22(28)20-12-18(24)13-26-21(20)11-15-3-9-19(25)10-4-15/h3-10,12-14H,11H2,1-2H3,(H,27,28). The monoisotopic (exact) mass is 426 g/mol. The number of rotatable bonds is 6. The summed E-state index contributed by atoms with van der Waals surface area (Å²) in [6, 6.07) is 14.1. The maximum atomic E-state index is 13.2. The smallest absolute Gasteiger partial charge is 0.337 e. The van der Waals surface area contributed by atoms with Gasteiger partial charge in [-0.1, -0.05) is 35.9 Å². The van der Waals surface area contributed by atoms with Crippen LogP contribution in [0.4, 0.5) is 4.39 Å². The number of pyridine rings is 1. The van der Waals surface area contributed by atoms with Gasteiger partial charge in [0.2, 0.25) is 0 Å². The number of aromatic nitrogens is 1. The van der Waals surface area contributed by atoms with Crippen molar-refractivity contribution < 1.29 is 18.7 Å². The van der Waals surface area contributed by atoms with Crippen LogP contribution in [0.15, 0.2) is 60.8 Å². The minimum atomic E-state index is -0.423. The van der Waals surface area contributed by atoms with E-state index in [0.29, 0.717) is 28.3 Å². The second-order valence-electron chi connectivity index (χ2n) is 6.76. The number of hydrogen-bond acceptors (Lipinski definition) is 4. The minimum absolute atomic E-state index is 0.318. The van der Waals surface area contributed by atoms with Gasteiger partial charge in [0.1, 0.15) is 5.82 Å². The van der Waals surface area contributed by atoms with Crippen LogP contribution in [-0.2, 0) is 11.2 Å². The highest BCUT2D eigenvalue weighted by molar-refractivity contribution is 6.30. The first-order valence-corrected chi connectivity index (χ1v) is 9.63. The number of carbonyl (C=O) groups is 2. The van der Waals surface area contributed by atoms with Crippen molar-refractivity contribution in [1.29, 1.82) is 0 Å². The van der Waals surface area contributed by atoms with Gasteiger partial charge in [-0.05, 0) is 48.4 Å². The van der Waals surface area contributed by atoms with Crippen molar-refractivity contribution in [3.8, 4) is 0 Å². The number of esters is 1. The molecule has 30 heavy (non-hydrogen) atoms. The molecule has 0 aliphatic carbocycles. The van der Waals surface area contributed by atoms with E-state index in [1.807, 2.05) is 6.92 Å². The number of methoxy groups -OCH3 is 1. The Morgan fingerprint density at radius 1 is 1.13 bits per heavy atom. The van der Waals surface area contributed by atoms with Gasteiger partial charge in [-0.3, -0.25) is 9.78 Å². The van der Waals surface area contributed by atoms with Crippen LogP contribution in [0.5, 0.6) is 0 Å². The van der Waals surface area contributed by atoms with Crippen molar-refractivity contribution in [3.05, 3.63) is 99.6 Å². The predicted molar refractivity (Wildman–Crippen MR) is 112 cm³/mol. The molecule has 0 fully saturated rings. The molecule has 0 spiro atoms. The Kier molecular flexibility index (Phi) is 6.79. The van der Waals surface area contributed by atoms with E-state index >= 15 is 0 Å². The quantitative estimate of drug-likeness (QED) is 0.578. The van der Waals surface area contributed by atoms with Crippen LogP contribution in [0.25, 0.3) is 0 Å². The average Bonchev–Trinajstić information content (AvgIpc) is 2.76. The van der Waals surface area contributed by atoms with Crippen LogP contribution in [0, 0.1) is 5.82 Å². The van der Waals surface area contributed by atoms with Crippen molar-refractivity contribution in [2.24, 2.45) is 0 Å². The van der Waals surface area contributed by atoms with Gasteiger partial charge in [-0.15, -0.1) is 0 Å². The molecule has 3 aromatic rings. The van der Waals surface area contributed by atoms with Gasteiger partial charge in [0.15, 0.2) is 0 Å². The summed E-state index contributed by atoms with van der Waals surface area (Å²) in [4.78, 5) is 28.8. The van der Waals surface area contributed by atoms with Gasteiger partial charge >= 0.3 is 5.97 Å². The number of ether oxygens (including phenoxy) is 1. The summed E-state index contributed by atoms with van der Waals surface area (Å²) in [5.74, 6) is -1.08. The molecule has 7 heteroatoms. The third kappa shape index (κ3) is 5.21. The Morgan fingerprint density at radius 3 is 2.43 bits per heavy atom. The molecule has 2 aromatic carbocycles. The van der Waals surface area contributed by atoms with Gasteiger partial charge in [0.25, 0.3) is 5.91 Å². The number of carbonyl (C=O) groups excluding carboxylic acids is 2. The zero-order valence-electron chi connectivity index (χ0n) is 16.5. The highest BCUT2D eigenvalue weighted by Crippen LogP contribution is 2.20. The molecule has 1 N–H and O–H groups in total. The molecule has 1 unspecified atom stereocenters. The van der Waals surface area contributed by atoms with Crippen LogP contribution in [0.2, 0.25) is 5.02 Å². The molecule has 3 rings (SSSR count). The summed E-state index contributed by atoms with van der Waals surface area (Å²) in [6.45, 7) is 1.84. The van der Waals surface area contributed by atoms with E-state index in [-0.39, 0.29) is 17.8 Å². The molecule has 0 radical (unpaired) electrons. The van der Waals surface area contributed by atoms with E-state index in [2.05, 4.69) is 15.0 Å². The lowest BCUT2D eigenvalue weighted by Crippen LogP contribution is -2.28. The van der Waals surface area contributed by atoms with Gasteiger partial charge in [0, 0.05) is 12.6 Å². The van der Waals surface area contributed by atoms with Crippen LogP contribution in [0.3, 0.4) is 0 Å². The molecule has 154 valence electrons. The van der Waals surface area contributed by atoms with Crippen molar-refractivity contribution >= 4 is 23.5 Å². The fourth-order valence-corrected chi connectivity index (χ4v) is 3.14. The fraction of sp³-hybridized carbons (Fsp3) is 0.174. The zero-order chi connectivity index (χ0) is 21.7. The van der Waals surface area contributed by atoms with E-state index in [1.54, 1.807) is 42.5 Å². The van der Waals surface area contributed by atoms with Crippen molar-refractivity contribution in [2.75, 3.05) is 7.11 Å². The molecule has 1 amide bonds. The molecular formula is C23H20ClFN2O3. The number of nitrogens with zero attached hydrogens (tertiary/aromatic N) is 1. The predicted octanol–water partition coefficient (Wildman–Crippen LogP) is 4.74. The lowest BCUT2D eigenvalue weighted by Gasteiger charge is -2.16. The molecule has 5 nitrogen and oxygen atoms in total. The van der Waals surface area contributed by atoms with Crippen molar-refractivity contribution in [1.82, 2.24) is 10.3 Å². The Morgan fingerprint density at radius 2 is 1.80 bits per heavy atom.